The predicted molar refractivity (Wildman–Crippen MR) is 63.0 cm³/mol. The number of hydrogen-bond acceptors (Lipinski definition) is 5. The highest BCUT2D eigenvalue weighted by Crippen LogP contribution is 2.12. The van der Waals surface area contributed by atoms with Crippen molar-refractivity contribution in [3.05, 3.63) is 35.9 Å². The highest BCUT2D eigenvalue weighted by atomic mass is 16.5. The summed E-state index contributed by atoms with van der Waals surface area (Å²) in [6, 6.07) is 3.39. The van der Waals surface area contributed by atoms with Gasteiger partial charge >= 0.3 is 0 Å². The third kappa shape index (κ3) is 2.60. The number of aromatic nitrogens is 2. The molecular weight excluding hydrogens is 220 g/mol. The number of aryl methyl sites for hydroxylation is 1. The average Bonchev–Trinajstić information content (AvgIpc) is 2.81. The van der Waals surface area contributed by atoms with Gasteiger partial charge in [0.2, 0.25) is 0 Å². The van der Waals surface area contributed by atoms with Gasteiger partial charge in [-0.05, 0) is 19.1 Å². The Morgan fingerprint density at radius 2 is 2.24 bits per heavy atom. The maximum absolute atomic E-state index is 11.9. The van der Waals surface area contributed by atoms with Crippen LogP contribution in [-0.2, 0) is 0 Å². The molecule has 0 aliphatic heterocycles. The Morgan fingerprint density at radius 3 is 2.88 bits per heavy atom. The van der Waals surface area contributed by atoms with Crippen LogP contribution in [0.5, 0.6) is 0 Å². The monoisotopic (exact) mass is 232 g/mol. The van der Waals surface area contributed by atoms with Crippen LogP contribution in [0.3, 0.4) is 0 Å². The minimum Gasteiger partial charge on any atom is -0.373 e. The standard InChI is InChI=1S/C11H12N4O2/c1-7-3-8(4-10(12-2)14-7)11(16)15-9-5-13-17-6-9/h3-6H,1-2H3,(H,12,14)(H,15,16). The summed E-state index contributed by atoms with van der Waals surface area (Å²) in [5, 5.41) is 9.07. The van der Waals surface area contributed by atoms with Crippen LogP contribution in [0.15, 0.2) is 29.1 Å². The molecule has 0 unspecified atom stereocenters. The Kier molecular flexibility index (Phi) is 3.04. The molecule has 0 fully saturated rings. The largest absolute Gasteiger partial charge is 0.373 e. The molecule has 1 amide bonds. The molecule has 17 heavy (non-hydrogen) atoms. The van der Waals surface area contributed by atoms with Crippen molar-refractivity contribution in [3.63, 3.8) is 0 Å². The van der Waals surface area contributed by atoms with Gasteiger partial charge in [0.15, 0.2) is 0 Å². The van der Waals surface area contributed by atoms with E-state index in [0.717, 1.165) is 5.69 Å². The highest BCUT2D eigenvalue weighted by molar-refractivity contribution is 6.04. The molecule has 2 N–H and O–H groups in total. The van der Waals surface area contributed by atoms with Crippen LogP contribution < -0.4 is 10.6 Å². The zero-order valence-corrected chi connectivity index (χ0v) is 9.52. The van der Waals surface area contributed by atoms with E-state index in [1.807, 2.05) is 6.92 Å². The van der Waals surface area contributed by atoms with Crippen molar-refractivity contribution in [2.75, 3.05) is 17.7 Å². The Hall–Kier alpha value is -2.37. The summed E-state index contributed by atoms with van der Waals surface area (Å²) in [5.41, 5.74) is 1.82. The Labute approximate surface area is 98.0 Å². The van der Waals surface area contributed by atoms with Gasteiger partial charge in [0, 0.05) is 18.3 Å². The molecule has 0 saturated carbocycles. The maximum atomic E-state index is 11.9. The van der Waals surface area contributed by atoms with Gasteiger partial charge < -0.3 is 15.2 Å². The van der Waals surface area contributed by atoms with E-state index in [-0.39, 0.29) is 5.91 Å². The van der Waals surface area contributed by atoms with Crippen LogP contribution in [0, 0.1) is 6.92 Å². The fraction of sp³-hybridized carbons (Fsp3) is 0.182. The van der Waals surface area contributed by atoms with Crippen molar-refractivity contribution >= 4 is 17.4 Å². The minimum atomic E-state index is -0.227. The molecular formula is C11H12N4O2. The number of nitrogens with zero attached hydrogens (tertiary/aromatic N) is 2. The summed E-state index contributed by atoms with van der Waals surface area (Å²) in [6.45, 7) is 1.83. The molecule has 88 valence electrons. The summed E-state index contributed by atoms with van der Waals surface area (Å²) < 4.78 is 4.63. The molecule has 2 aromatic heterocycles. The van der Waals surface area contributed by atoms with Gasteiger partial charge in [-0.2, -0.15) is 0 Å². The SMILES string of the molecule is CNc1cc(C(=O)Nc2cnoc2)cc(C)n1. The third-order valence-electron chi connectivity index (χ3n) is 2.16. The van der Waals surface area contributed by atoms with Gasteiger partial charge in [0.25, 0.3) is 5.91 Å². The smallest absolute Gasteiger partial charge is 0.255 e. The van der Waals surface area contributed by atoms with Crippen molar-refractivity contribution in [3.8, 4) is 0 Å². The van der Waals surface area contributed by atoms with Crippen molar-refractivity contribution in [2.24, 2.45) is 0 Å². The fourth-order valence-electron chi connectivity index (χ4n) is 1.40. The second-order valence-electron chi connectivity index (χ2n) is 3.50. The first-order valence-corrected chi connectivity index (χ1v) is 5.06. The molecule has 0 spiro atoms. The molecule has 6 heteroatoms. The lowest BCUT2D eigenvalue weighted by atomic mass is 10.2. The number of amides is 1. The number of carbonyl (C=O) groups excluding carboxylic acids is 1. The van der Waals surface area contributed by atoms with Gasteiger partial charge in [-0.15, -0.1) is 0 Å². The first kappa shape index (κ1) is 11.1. The molecule has 0 bridgehead atoms. The van der Waals surface area contributed by atoms with E-state index in [0.29, 0.717) is 17.1 Å². The van der Waals surface area contributed by atoms with Crippen molar-refractivity contribution in [2.45, 2.75) is 6.92 Å². The molecule has 0 saturated heterocycles. The Balaban J connectivity index is 2.21. The number of nitrogens with one attached hydrogen (secondary N) is 2. The molecule has 0 radical (unpaired) electrons. The first-order valence-electron chi connectivity index (χ1n) is 5.06. The van der Waals surface area contributed by atoms with Crippen LogP contribution in [0.25, 0.3) is 0 Å². The second kappa shape index (κ2) is 4.65. The third-order valence-corrected chi connectivity index (χ3v) is 2.16. The summed E-state index contributed by atoms with van der Waals surface area (Å²) >= 11 is 0. The van der Waals surface area contributed by atoms with Crippen LogP contribution >= 0.6 is 0 Å². The normalized spacial score (nSPS) is 10.0. The van der Waals surface area contributed by atoms with Crippen molar-refractivity contribution in [1.29, 1.82) is 0 Å². The second-order valence-corrected chi connectivity index (χ2v) is 3.50. The summed E-state index contributed by atoms with van der Waals surface area (Å²) in [4.78, 5) is 16.1. The molecule has 2 heterocycles. The highest BCUT2D eigenvalue weighted by Gasteiger charge is 2.09. The molecule has 0 aliphatic rings. The molecule has 6 nitrogen and oxygen atoms in total. The van der Waals surface area contributed by atoms with Gasteiger partial charge in [0.1, 0.15) is 17.8 Å². The summed E-state index contributed by atoms with van der Waals surface area (Å²) in [7, 11) is 1.75. The lowest BCUT2D eigenvalue weighted by molar-refractivity contribution is 0.102. The molecule has 0 atom stereocenters. The van der Waals surface area contributed by atoms with E-state index in [9.17, 15) is 4.79 Å². The van der Waals surface area contributed by atoms with E-state index < -0.39 is 0 Å². The Morgan fingerprint density at radius 1 is 1.41 bits per heavy atom. The summed E-state index contributed by atoms with van der Waals surface area (Å²) in [6.07, 6.45) is 2.80. The lowest BCUT2D eigenvalue weighted by Crippen LogP contribution is -2.12. The topological polar surface area (TPSA) is 80.0 Å². The maximum Gasteiger partial charge on any atom is 0.255 e. The van der Waals surface area contributed by atoms with Crippen LogP contribution in [0.2, 0.25) is 0 Å². The van der Waals surface area contributed by atoms with Crippen molar-refractivity contribution < 1.29 is 9.32 Å². The number of rotatable bonds is 3. The van der Waals surface area contributed by atoms with Crippen molar-refractivity contribution in [1.82, 2.24) is 10.1 Å². The van der Waals surface area contributed by atoms with Gasteiger partial charge in [-0.3, -0.25) is 4.79 Å². The quantitative estimate of drug-likeness (QED) is 0.841. The molecule has 0 aromatic carbocycles. The lowest BCUT2D eigenvalue weighted by Gasteiger charge is -2.06. The zero-order valence-electron chi connectivity index (χ0n) is 9.52. The predicted octanol–water partition coefficient (Wildman–Crippen LogP) is 1.67. The van der Waals surface area contributed by atoms with E-state index in [1.54, 1.807) is 19.2 Å². The number of carbonyl (C=O) groups is 1. The number of anilines is 2. The van der Waals surface area contributed by atoms with Crippen LogP contribution in [-0.4, -0.2) is 23.1 Å². The summed E-state index contributed by atoms with van der Waals surface area (Å²) in [5.74, 6) is 0.427. The fourth-order valence-corrected chi connectivity index (χ4v) is 1.40. The zero-order chi connectivity index (χ0) is 12.3. The van der Waals surface area contributed by atoms with E-state index in [4.69, 9.17) is 0 Å². The van der Waals surface area contributed by atoms with Gasteiger partial charge in [-0.25, -0.2) is 4.98 Å². The van der Waals surface area contributed by atoms with E-state index in [2.05, 4.69) is 25.3 Å². The molecule has 2 rings (SSSR count). The number of hydrogen-bond donors (Lipinski definition) is 2. The van der Waals surface area contributed by atoms with Gasteiger partial charge in [-0.1, -0.05) is 5.16 Å². The average molecular weight is 232 g/mol. The number of pyridine rings is 1. The van der Waals surface area contributed by atoms with E-state index in [1.165, 1.54) is 12.5 Å². The Bertz CT molecular complexity index is 522. The molecule has 0 aliphatic carbocycles. The minimum absolute atomic E-state index is 0.227. The van der Waals surface area contributed by atoms with Crippen LogP contribution in [0.4, 0.5) is 11.5 Å². The first-order chi connectivity index (χ1) is 8.19. The van der Waals surface area contributed by atoms with Crippen LogP contribution in [0.1, 0.15) is 16.1 Å². The molecule has 2 aromatic rings. The van der Waals surface area contributed by atoms with E-state index >= 15 is 0 Å². The van der Waals surface area contributed by atoms with Gasteiger partial charge in [0.05, 0.1) is 6.20 Å².